The minimum atomic E-state index is -0.0818. The van der Waals surface area contributed by atoms with Crippen LogP contribution in [0.2, 0.25) is 0 Å². The van der Waals surface area contributed by atoms with Gasteiger partial charge in [-0.05, 0) is 38.0 Å². The van der Waals surface area contributed by atoms with Gasteiger partial charge < -0.3 is 10.2 Å². The van der Waals surface area contributed by atoms with Crippen LogP contribution in [0, 0.1) is 6.92 Å². The molecule has 120 valence electrons. The molecule has 0 saturated heterocycles. The molecule has 2 N–H and O–H groups in total. The molecule has 2 aromatic rings. The number of nitrogens with one attached hydrogen (secondary N) is 2. The van der Waals surface area contributed by atoms with Gasteiger partial charge in [-0.1, -0.05) is 48.0 Å². The average molecular weight is 309 g/mol. The van der Waals surface area contributed by atoms with Crippen molar-refractivity contribution in [1.82, 2.24) is 0 Å². The number of amides is 1. The summed E-state index contributed by atoms with van der Waals surface area (Å²) in [5.41, 5.74) is 4.64. The second-order valence-corrected chi connectivity index (χ2v) is 6.31. The first-order valence-corrected chi connectivity index (χ1v) is 8.46. The Morgan fingerprint density at radius 3 is 2.39 bits per heavy atom. The highest BCUT2D eigenvalue weighted by molar-refractivity contribution is 5.98. The Hall–Kier alpha value is -2.13. The van der Waals surface area contributed by atoms with Gasteiger partial charge in [-0.25, -0.2) is 0 Å². The lowest BCUT2D eigenvalue weighted by Gasteiger charge is -2.37. The first kappa shape index (κ1) is 15.8. The van der Waals surface area contributed by atoms with Gasteiger partial charge >= 0.3 is 0 Å². The van der Waals surface area contributed by atoms with E-state index in [0.717, 1.165) is 18.8 Å². The highest BCUT2D eigenvalue weighted by atomic mass is 16.2. The van der Waals surface area contributed by atoms with Crippen LogP contribution in [-0.4, -0.2) is 25.0 Å². The molecule has 0 aromatic heterocycles. The monoisotopic (exact) mass is 309 g/mol. The summed E-state index contributed by atoms with van der Waals surface area (Å²) in [6, 6.07) is 16.7. The molecule has 23 heavy (non-hydrogen) atoms. The molecule has 1 heterocycles. The molecule has 0 aliphatic carbocycles. The van der Waals surface area contributed by atoms with E-state index in [9.17, 15) is 4.79 Å². The number of anilines is 1. The van der Waals surface area contributed by atoms with Gasteiger partial charge in [0.2, 0.25) is 0 Å². The first-order chi connectivity index (χ1) is 11.2. The Labute approximate surface area is 138 Å². The van der Waals surface area contributed by atoms with Gasteiger partial charge in [-0.2, -0.15) is 0 Å². The van der Waals surface area contributed by atoms with E-state index >= 15 is 0 Å². The number of likely N-dealkylation sites (N-methyl/N-ethyl adjacent to an activating group) is 1. The van der Waals surface area contributed by atoms with Gasteiger partial charge in [0.1, 0.15) is 0 Å². The molecular formula is C20H25N2O+. The molecule has 1 amide bonds. The average Bonchev–Trinajstić information content (AvgIpc) is 2.57. The topological polar surface area (TPSA) is 33.5 Å². The zero-order valence-corrected chi connectivity index (χ0v) is 14.1. The summed E-state index contributed by atoms with van der Waals surface area (Å²) in [5.74, 6) is 0.239. The maximum Gasteiger partial charge on any atom is 0.283 e. The normalized spacial score (nSPS) is 20.3. The lowest BCUT2D eigenvalue weighted by Crippen LogP contribution is -3.17. The molecule has 0 spiro atoms. The SMILES string of the molecule is CC[NH+](CC)[C@@H]1C(=O)Nc2ccc(C)cc2[C@H]1c1ccccc1. The van der Waals surface area contributed by atoms with E-state index in [1.54, 1.807) is 0 Å². The number of aryl methyl sites for hydroxylation is 1. The Morgan fingerprint density at radius 2 is 1.74 bits per heavy atom. The fraction of sp³-hybridized carbons (Fsp3) is 0.350. The summed E-state index contributed by atoms with van der Waals surface area (Å²) < 4.78 is 0. The molecule has 0 fully saturated rings. The number of benzene rings is 2. The van der Waals surface area contributed by atoms with Crippen molar-refractivity contribution < 1.29 is 9.69 Å². The van der Waals surface area contributed by atoms with Gasteiger partial charge in [0.15, 0.2) is 6.04 Å². The predicted octanol–water partition coefficient (Wildman–Crippen LogP) is 2.37. The number of fused-ring (bicyclic) bond motifs is 1. The van der Waals surface area contributed by atoms with E-state index in [1.165, 1.54) is 21.6 Å². The van der Waals surface area contributed by atoms with Gasteiger partial charge in [0.25, 0.3) is 5.91 Å². The van der Waals surface area contributed by atoms with Crippen LogP contribution in [0.3, 0.4) is 0 Å². The quantitative estimate of drug-likeness (QED) is 0.893. The molecule has 1 aliphatic rings. The maximum atomic E-state index is 12.9. The summed E-state index contributed by atoms with van der Waals surface area (Å²) in [4.78, 5) is 14.2. The number of quaternary nitrogens is 1. The van der Waals surface area contributed by atoms with Crippen LogP contribution < -0.4 is 10.2 Å². The third kappa shape index (κ3) is 2.89. The van der Waals surface area contributed by atoms with Crippen molar-refractivity contribution in [2.24, 2.45) is 0 Å². The zero-order chi connectivity index (χ0) is 16.4. The first-order valence-electron chi connectivity index (χ1n) is 8.46. The smallest absolute Gasteiger partial charge is 0.283 e. The standard InChI is InChI=1S/C20H24N2O/c1-4-22(5-2)19-18(15-9-7-6-8-10-15)16-13-14(3)11-12-17(16)21-20(19)23/h6-13,18-19H,4-5H2,1-3H3,(H,21,23)/p+1/t18-,19+/m1/s1. The van der Waals surface area contributed by atoms with Crippen LogP contribution in [0.5, 0.6) is 0 Å². The number of rotatable bonds is 4. The van der Waals surface area contributed by atoms with E-state index in [2.05, 4.69) is 62.5 Å². The van der Waals surface area contributed by atoms with Gasteiger partial charge in [0.05, 0.1) is 19.0 Å². The predicted molar refractivity (Wildman–Crippen MR) is 93.9 cm³/mol. The second-order valence-electron chi connectivity index (χ2n) is 6.31. The molecule has 0 radical (unpaired) electrons. The van der Waals surface area contributed by atoms with Crippen LogP contribution in [0.25, 0.3) is 0 Å². The number of hydrogen-bond donors (Lipinski definition) is 2. The van der Waals surface area contributed by atoms with Crippen LogP contribution in [0.4, 0.5) is 5.69 Å². The van der Waals surface area contributed by atoms with Crippen molar-refractivity contribution >= 4 is 11.6 Å². The van der Waals surface area contributed by atoms with E-state index in [4.69, 9.17) is 0 Å². The molecule has 0 saturated carbocycles. The number of carbonyl (C=O) groups excluding carboxylic acids is 1. The minimum absolute atomic E-state index is 0.0818. The molecule has 0 unspecified atom stereocenters. The fourth-order valence-electron chi connectivity index (χ4n) is 3.74. The van der Waals surface area contributed by atoms with Crippen LogP contribution >= 0.6 is 0 Å². The van der Waals surface area contributed by atoms with Crippen molar-refractivity contribution in [2.45, 2.75) is 32.7 Å². The van der Waals surface area contributed by atoms with Crippen LogP contribution in [0.1, 0.15) is 36.5 Å². The minimum Gasteiger partial charge on any atom is -0.324 e. The highest BCUT2D eigenvalue weighted by Gasteiger charge is 2.42. The second kappa shape index (κ2) is 6.55. The number of carbonyl (C=O) groups is 1. The van der Waals surface area contributed by atoms with Gasteiger partial charge in [-0.3, -0.25) is 4.79 Å². The molecule has 0 bridgehead atoms. The van der Waals surface area contributed by atoms with Crippen molar-refractivity contribution in [2.75, 3.05) is 18.4 Å². The van der Waals surface area contributed by atoms with Crippen molar-refractivity contribution in [3.05, 3.63) is 65.2 Å². The van der Waals surface area contributed by atoms with Gasteiger partial charge in [0, 0.05) is 5.69 Å². The van der Waals surface area contributed by atoms with E-state index < -0.39 is 0 Å². The Morgan fingerprint density at radius 1 is 1.04 bits per heavy atom. The van der Waals surface area contributed by atoms with E-state index in [0.29, 0.717) is 0 Å². The molecule has 3 heteroatoms. The lowest BCUT2D eigenvalue weighted by molar-refractivity contribution is -0.913. The van der Waals surface area contributed by atoms with Gasteiger partial charge in [-0.15, -0.1) is 0 Å². The summed E-state index contributed by atoms with van der Waals surface area (Å²) in [5, 5.41) is 3.13. The highest BCUT2D eigenvalue weighted by Crippen LogP contribution is 2.36. The van der Waals surface area contributed by atoms with E-state index in [-0.39, 0.29) is 17.9 Å². The van der Waals surface area contributed by atoms with Crippen molar-refractivity contribution in [3.63, 3.8) is 0 Å². The lowest BCUT2D eigenvalue weighted by atomic mass is 9.80. The Bertz CT molecular complexity index is 692. The maximum absolute atomic E-state index is 12.9. The molecule has 2 atom stereocenters. The van der Waals surface area contributed by atoms with Crippen LogP contribution in [0.15, 0.2) is 48.5 Å². The molecular weight excluding hydrogens is 284 g/mol. The van der Waals surface area contributed by atoms with E-state index in [1.807, 2.05) is 12.1 Å². The Balaban J connectivity index is 2.17. The third-order valence-electron chi connectivity index (χ3n) is 4.92. The van der Waals surface area contributed by atoms with Crippen molar-refractivity contribution in [1.29, 1.82) is 0 Å². The number of hydrogen-bond acceptors (Lipinski definition) is 1. The third-order valence-corrected chi connectivity index (χ3v) is 4.92. The molecule has 3 rings (SSSR count). The summed E-state index contributed by atoms with van der Waals surface area (Å²) in [7, 11) is 0. The van der Waals surface area contributed by atoms with Crippen LogP contribution in [-0.2, 0) is 4.79 Å². The fourth-order valence-corrected chi connectivity index (χ4v) is 3.74. The Kier molecular flexibility index (Phi) is 4.49. The summed E-state index contributed by atoms with van der Waals surface area (Å²) >= 11 is 0. The molecule has 2 aromatic carbocycles. The summed E-state index contributed by atoms with van der Waals surface area (Å²) in [6.07, 6.45) is 0. The molecule has 3 nitrogen and oxygen atoms in total. The summed E-state index contributed by atoms with van der Waals surface area (Å²) in [6.45, 7) is 8.30. The largest absolute Gasteiger partial charge is 0.324 e. The van der Waals surface area contributed by atoms with Crippen molar-refractivity contribution in [3.8, 4) is 0 Å². The molecule has 1 aliphatic heterocycles. The zero-order valence-electron chi connectivity index (χ0n) is 14.1.